The summed E-state index contributed by atoms with van der Waals surface area (Å²) in [4.78, 5) is 16.6. The summed E-state index contributed by atoms with van der Waals surface area (Å²) in [5.74, 6) is 1.38. The Morgan fingerprint density at radius 1 is 0.941 bits per heavy atom. The van der Waals surface area contributed by atoms with Crippen molar-refractivity contribution in [3.63, 3.8) is 0 Å². The number of fused-ring (bicyclic) bond motifs is 1. The number of ether oxygens (including phenoxy) is 2. The zero-order valence-electron chi connectivity index (χ0n) is 18.3. The molecule has 9 nitrogen and oxygen atoms in total. The first-order valence-electron chi connectivity index (χ1n) is 10.5. The normalized spacial score (nSPS) is 10.7. The molecule has 34 heavy (non-hydrogen) atoms. The summed E-state index contributed by atoms with van der Waals surface area (Å²) in [5, 5.41) is 16.0. The van der Waals surface area contributed by atoms with Crippen LogP contribution in [0.1, 0.15) is 0 Å². The van der Waals surface area contributed by atoms with Crippen LogP contribution in [0.3, 0.4) is 0 Å². The van der Waals surface area contributed by atoms with Crippen LogP contribution in [-0.2, 0) is 4.79 Å². The molecule has 0 aliphatic carbocycles. The molecule has 2 aromatic carbocycles. The van der Waals surface area contributed by atoms with Gasteiger partial charge in [0.25, 0.3) is 5.91 Å². The molecule has 5 rings (SSSR count). The van der Waals surface area contributed by atoms with Crippen LogP contribution in [0.4, 0.5) is 5.69 Å². The smallest absolute Gasteiger partial charge is 0.262 e. The number of carbonyl (C=O) groups is 1. The van der Waals surface area contributed by atoms with E-state index in [0.717, 1.165) is 11.1 Å². The lowest BCUT2D eigenvalue weighted by Gasteiger charge is -2.11. The summed E-state index contributed by atoms with van der Waals surface area (Å²) in [6.07, 6.45) is 3.42. The molecule has 0 aliphatic heterocycles. The maximum atomic E-state index is 12.5. The van der Waals surface area contributed by atoms with E-state index in [1.54, 1.807) is 36.2 Å². The second-order valence-corrected chi connectivity index (χ2v) is 7.32. The number of amides is 1. The predicted octanol–water partition coefficient (Wildman–Crippen LogP) is 3.88. The van der Waals surface area contributed by atoms with E-state index in [1.165, 1.54) is 0 Å². The number of nitrogens with zero attached hydrogens (tertiary/aromatic N) is 5. The van der Waals surface area contributed by atoms with E-state index in [2.05, 4.69) is 20.5 Å². The third kappa shape index (κ3) is 4.40. The summed E-state index contributed by atoms with van der Waals surface area (Å²) in [7, 11) is 1.55. The van der Waals surface area contributed by atoms with Gasteiger partial charge in [-0.1, -0.05) is 24.3 Å². The maximum Gasteiger partial charge on any atom is 0.262 e. The highest BCUT2D eigenvalue weighted by Crippen LogP contribution is 2.26. The molecule has 0 aliphatic rings. The Morgan fingerprint density at radius 2 is 1.79 bits per heavy atom. The minimum absolute atomic E-state index is 0.149. The molecule has 0 saturated heterocycles. The topological polar surface area (TPSA) is 104 Å². The lowest BCUT2D eigenvalue weighted by molar-refractivity contribution is -0.118. The lowest BCUT2D eigenvalue weighted by atomic mass is 10.1. The summed E-state index contributed by atoms with van der Waals surface area (Å²) in [6.45, 7) is -0.149. The van der Waals surface area contributed by atoms with Gasteiger partial charge in [-0.25, -0.2) is 0 Å². The van der Waals surface area contributed by atoms with Crippen molar-refractivity contribution in [2.45, 2.75) is 0 Å². The molecule has 1 amide bonds. The lowest BCUT2D eigenvalue weighted by Crippen LogP contribution is -2.20. The largest absolute Gasteiger partial charge is 0.493 e. The van der Waals surface area contributed by atoms with Gasteiger partial charge in [0.05, 0.1) is 12.8 Å². The Balaban J connectivity index is 1.34. The quantitative estimate of drug-likeness (QED) is 0.400. The SMILES string of the molecule is COc1ccccc1OCC(=O)Nc1cccc(-c2ccc3nnc(-c4cccnc4)n3n2)c1. The van der Waals surface area contributed by atoms with Gasteiger partial charge in [0.2, 0.25) is 0 Å². The Labute approximate surface area is 195 Å². The van der Waals surface area contributed by atoms with Gasteiger partial charge >= 0.3 is 0 Å². The number of hydrogen-bond donors (Lipinski definition) is 1. The molecule has 0 atom stereocenters. The summed E-state index contributed by atoms with van der Waals surface area (Å²) in [6, 6.07) is 22.1. The van der Waals surface area contributed by atoms with E-state index in [4.69, 9.17) is 14.6 Å². The third-order valence-corrected chi connectivity index (χ3v) is 5.05. The molecular formula is C25H20N6O3. The van der Waals surface area contributed by atoms with E-state index in [9.17, 15) is 4.79 Å². The van der Waals surface area contributed by atoms with Gasteiger partial charge in [0.1, 0.15) is 0 Å². The third-order valence-electron chi connectivity index (χ3n) is 5.05. The molecule has 0 bridgehead atoms. The first kappa shape index (κ1) is 21.1. The summed E-state index contributed by atoms with van der Waals surface area (Å²) in [5.41, 5.74) is 3.61. The van der Waals surface area contributed by atoms with Crippen molar-refractivity contribution in [3.8, 4) is 34.1 Å². The predicted molar refractivity (Wildman–Crippen MR) is 127 cm³/mol. The van der Waals surface area contributed by atoms with Crippen LogP contribution in [0.15, 0.2) is 85.2 Å². The molecule has 0 unspecified atom stereocenters. The molecule has 0 fully saturated rings. The van der Waals surface area contributed by atoms with E-state index in [1.807, 2.05) is 60.7 Å². The van der Waals surface area contributed by atoms with Crippen molar-refractivity contribution in [1.29, 1.82) is 0 Å². The highest BCUT2D eigenvalue weighted by Gasteiger charge is 2.12. The van der Waals surface area contributed by atoms with Gasteiger partial charge in [0, 0.05) is 29.2 Å². The maximum absolute atomic E-state index is 12.5. The molecule has 5 aromatic rings. The van der Waals surface area contributed by atoms with Crippen LogP contribution in [-0.4, -0.2) is 44.4 Å². The number of carbonyl (C=O) groups excluding carboxylic acids is 1. The zero-order chi connectivity index (χ0) is 23.3. The first-order valence-corrected chi connectivity index (χ1v) is 10.5. The number of hydrogen-bond acceptors (Lipinski definition) is 7. The fourth-order valence-electron chi connectivity index (χ4n) is 3.45. The highest BCUT2D eigenvalue weighted by molar-refractivity contribution is 5.92. The molecule has 1 N–H and O–H groups in total. The highest BCUT2D eigenvalue weighted by atomic mass is 16.5. The summed E-state index contributed by atoms with van der Waals surface area (Å²) < 4.78 is 12.5. The Hall–Kier alpha value is -4.79. The molecule has 0 spiro atoms. The van der Waals surface area contributed by atoms with E-state index < -0.39 is 0 Å². The Bertz CT molecular complexity index is 1450. The van der Waals surface area contributed by atoms with Gasteiger partial charge in [-0.3, -0.25) is 9.78 Å². The van der Waals surface area contributed by atoms with Crippen molar-refractivity contribution in [3.05, 3.63) is 85.2 Å². The first-order chi connectivity index (χ1) is 16.7. The molecule has 9 heteroatoms. The number of para-hydroxylation sites is 2. The van der Waals surface area contributed by atoms with Crippen molar-refractivity contribution < 1.29 is 14.3 Å². The molecule has 0 radical (unpaired) electrons. The Morgan fingerprint density at radius 3 is 2.62 bits per heavy atom. The van der Waals surface area contributed by atoms with Gasteiger partial charge in [0.15, 0.2) is 29.6 Å². The minimum Gasteiger partial charge on any atom is -0.493 e. The molecule has 0 saturated carbocycles. The van der Waals surface area contributed by atoms with Crippen LogP contribution in [0.2, 0.25) is 0 Å². The van der Waals surface area contributed by atoms with Crippen molar-refractivity contribution in [2.24, 2.45) is 0 Å². The number of nitrogens with one attached hydrogen (secondary N) is 1. The average Bonchev–Trinajstić information content (AvgIpc) is 3.31. The number of anilines is 1. The monoisotopic (exact) mass is 452 g/mol. The average molecular weight is 452 g/mol. The number of rotatable bonds is 7. The molecule has 3 heterocycles. The van der Waals surface area contributed by atoms with Crippen LogP contribution in [0, 0.1) is 0 Å². The Kier molecular flexibility index (Phi) is 5.81. The van der Waals surface area contributed by atoms with Crippen LogP contribution in [0.25, 0.3) is 28.3 Å². The standard InChI is InChI=1S/C25H20N6O3/c1-33-21-9-2-3-10-22(21)34-16-24(32)27-19-8-4-6-17(14-19)20-11-12-23-28-29-25(31(23)30-20)18-7-5-13-26-15-18/h2-15H,16H2,1H3,(H,27,32). The minimum atomic E-state index is -0.288. The van der Waals surface area contributed by atoms with Crippen molar-refractivity contribution in [2.75, 3.05) is 19.0 Å². The van der Waals surface area contributed by atoms with E-state index in [-0.39, 0.29) is 12.5 Å². The van der Waals surface area contributed by atoms with Crippen molar-refractivity contribution in [1.82, 2.24) is 24.8 Å². The second kappa shape index (κ2) is 9.37. The van der Waals surface area contributed by atoms with Gasteiger partial charge < -0.3 is 14.8 Å². The van der Waals surface area contributed by atoms with Gasteiger partial charge in [-0.2, -0.15) is 9.61 Å². The zero-order valence-corrected chi connectivity index (χ0v) is 18.3. The fraction of sp³-hybridized carbons (Fsp3) is 0.0800. The second-order valence-electron chi connectivity index (χ2n) is 7.32. The molecular weight excluding hydrogens is 432 g/mol. The van der Waals surface area contributed by atoms with Crippen LogP contribution < -0.4 is 14.8 Å². The van der Waals surface area contributed by atoms with Gasteiger partial charge in [-0.15, -0.1) is 10.2 Å². The number of pyridine rings is 1. The number of benzene rings is 2. The van der Waals surface area contributed by atoms with E-state index in [0.29, 0.717) is 34.4 Å². The van der Waals surface area contributed by atoms with Gasteiger partial charge in [-0.05, 0) is 48.5 Å². The fourth-order valence-corrected chi connectivity index (χ4v) is 3.45. The number of methoxy groups -OCH3 is 1. The summed E-state index contributed by atoms with van der Waals surface area (Å²) >= 11 is 0. The van der Waals surface area contributed by atoms with Crippen LogP contribution >= 0.6 is 0 Å². The van der Waals surface area contributed by atoms with Crippen molar-refractivity contribution >= 4 is 17.2 Å². The van der Waals surface area contributed by atoms with E-state index >= 15 is 0 Å². The molecule has 168 valence electrons. The molecule has 3 aromatic heterocycles. The van der Waals surface area contributed by atoms with Crippen LogP contribution in [0.5, 0.6) is 11.5 Å². The number of aromatic nitrogens is 5.